The Morgan fingerprint density at radius 1 is 1.14 bits per heavy atom. The molecule has 0 aromatic heterocycles. The van der Waals surface area contributed by atoms with Crippen LogP contribution in [0, 0.1) is 0 Å². The number of nitrogens with one attached hydrogen (secondary N) is 2. The van der Waals surface area contributed by atoms with Crippen LogP contribution in [0.2, 0.25) is 0 Å². The molecule has 37 heavy (non-hydrogen) atoms. The van der Waals surface area contributed by atoms with Gasteiger partial charge in [-0.25, -0.2) is 4.79 Å². The molecule has 0 saturated carbocycles. The number of thioether (sulfide) groups is 1. The molecule has 202 valence electrons. The van der Waals surface area contributed by atoms with Crippen molar-refractivity contribution in [2.24, 2.45) is 0 Å². The third-order valence-electron chi connectivity index (χ3n) is 5.71. The number of aldehydes is 1. The first-order valence-electron chi connectivity index (χ1n) is 12.8. The van der Waals surface area contributed by atoms with E-state index in [-0.39, 0.29) is 17.4 Å². The van der Waals surface area contributed by atoms with Crippen LogP contribution in [-0.4, -0.2) is 72.8 Å². The summed E-state index contributed by atoms with van der Waals surface area (Å²) < 4.78 is 5.24. The Labute approximate surface area is 223 Å². The molecule has 9 nitrogen and oxygen atoms in total. The standard InChI is InChI=1S/C25H32N4O5S.C2H6/c1-3-4-17-34-25(33)29-14-12-28(13-15-29)24(32)18(2)26-22(31)21-20(11-8-16-30)35-23(27-21)19-9-6-5-7-10-19;1-2/h5-11,16,18,23,27H,3-4,12-15,17H2,1-2H3,(H,26,31);1-2H3/b11-8+;. The Bertz CT molecular complexity index is 974. The molecule has 3 amide bonds. The zero-order valence-electron chi connectivity index (χ0n) is 22.1. The molecule has 2 N–H and O–H groups in total. The number of amides is 3. The molecule has 10 heteroatoms. The molecule has 3 rings (SSSR count). The summed E-state index contributed by atoms with van der Waals surface area (Å²) in [5, 5.41) is 5.80. The Hall–Kier alpha value is -3.27. The Morgan fingerprint density at radius 3 is 2.41 bits per heavy atom. The van der Waals surface area contributed by atoms with E-state index in [0.717, 1.165) is 18.4 Å². The van der Waals surface area contributed by atoms with Crippen LogP contribution in [0.1, 0.15) is 51.5 Å². The van der Waals surface area contributed by atoms with Crippen molar-refractivity contribution in [1.29, 1.82) is 0 Å². The summed E-state index contributed by atoms with van der Waals surface area (Å²) in [6.45, 7) is 9.60. The fraction of sp³-hybridized carbons (Fsp3) is 0.481. The molecule has 0 spiro atoms. The summed E-state index contributed by atoms with van der Waals surface area (Å²) in [7, 11) is 0. The smallest absolute Gasteiger partial charge is 0.409 e. The molecule has 2 aliphatic rings. The van der Waals surface area contributed by atoms with Gasteiger partial charge in [0.15, 0.2) is 0 Å². The first-order chi connectivity index (χ1) is 17.9. The number of unbranched alkanes of at least 4 members (excludes halogenated alkanes) is 1. The minimum Gasteiger partial charge on any atom is -0.449 e. The highest BCUT2D eigenvalue weighted by Gasteiger charge is 2.32. The number of allylic oxidation sites excluding steroid dienone is 2. The fourth-order valence-electron chi connectivity index (χ4n) is 3.73. The number of hydrogen-bond acceptors (Lipinski definition) is 7. The number of carbonyl (C=O) groups is 4. The Morgan fingerprint density at radius 2 is 1.78 bits per heavy atom. The monoisotopic (exact) mass is 530 g/mol. The number of nitrogens with zero attached hydrogens (tertiary/aromatic N) is 2. The first-order valence-corrected chi connectivity index (χ1v) is 13.7. The van der Waals surface area contributed by atoms with E-state index in [0.29, 0.717) is 49.7 Å². The Balaban J connectivity index is 0.00000235. The second-order valence-corrected chi connectivity index (χ2v) is 9.41. The highest BCUT2D eigenvalue weighted by molar-refractivity contribution is 8.03. The molecule has 0 radical (unpaired) electrons. The topological polar surface area (TPSA) is 108 Å². The van der Waals surface area contributed by atoms with Crippen molar-refractivity contribution >= 4 is 36.0 Å². The minimum atomic E-state index is -0.753. The van der Waals surface area contributed by atoms with Gasteiger partial charge in [0.05, 0.1) is 6.61 Å². The summed E-state index contributed by atoms with van der Waals surface area (Å²) in [5.41, 5.74) is 1.31. The van der Waals surface area contributed by atoms with Gasteiger partial charge >= 0.3 is 6.09 Å². The third-order valence-corrected chi connectivity index (χ3v) is 6.93. The van der Waals surface area contributed by atoms with Crippen LogP contribution in [-0.2, 0) is 19.1 Å². The molecule has 1 aromatic carbocycles. The normalized spacial score (nSPS) is 18.0. The highest BCUT2D eigenvalue weighted by Crippen LogP contribution is 2.40. The number of rotatable bonds is 9. The van der Waals surface area contributed by atoms with E-state index >= 15 is 0 Å². The average molecular weight is 531 g/mol. The van der Waals surface area contributed by atoms with Crippen LogP contribution < -0.4 is 10.6 Å². The van der Waals surface area contributed by atoms with Gasteiger partial charge in [0.2, 0.25) is 5.91 Å². The second-order valence-electron chi connectivity index (χ2n) is 8.26. The van der Waals surface area contributed by atoms with Crippen LogP contribution >= 0.6 is 11.8 Å². The average Bonchev–Trinajstić information content (AvgIpc) is 3.37. The summed E-state index contributed by atoms with van der Waals surface area (Å²) >= 11 is 1.43. The lowest BCUT2D eigenvalue weighted by Crippen LogP contribution is -2.55. The van der Waals surface area contributed by atoms with Crippen LogP contribution in [0.15, 0.2) is 53.1 Å². The van der Waals surface area contributed by atoms with Gasteiger partial charge in [-0.05, 0) is 31.1 Å². The number of carbonyl (C=O) groups excluding carboxylic acids is 4. The molecule has 2 aliphatic heterocycles. The third kappa shape index (κ3) is 8.66. The number of ether oxygens (including phenoxy) is 1. The lowest BCUT2D eigenvalue weighted by molar-refractivity contribution is -0.136. The lowest BCUT2D eigenvalue weighted by Gasteiger charge is -2.35. The molecule has 1 fully saturated rings. The fourth-order valence-corrected chi connectivity index (χ4v) is 4.88. The summed E-state index contributed by atoms with van der Waals surface area (Å²) in [6, 6.07) is 8.91. The van der Waals surface area contributed by atoms with Gasteiger partial charge in [0.1, 0.15) is 23.4 Å². The van der Waals surface area contributed by atoms with E-state index in [4.69, 9.17) is 4.74 Å². The first kappa shape index (κ1) is 30.0. The maximum atomic E-state index is 13.1. The molecule has 0 bridgehead atoms. The van der Waals surface area contributed by atoms with Crippen molar-refractivity contribution in [2.45, 2.75) is 52.0 Å². The van der Waals surface area contributed by atoms with Crippen molar-refractivity contribution in [3.05, 3.63) is 58.6 Å². The number of benzene rings is 1. The SMILES string of the molecule is CC.CCCCOC(=O)N1CCN(C(=O)C(C)NC(=O)C2=C(/C=C/C=O)SC(c3ccccc3)N2)CC1. The predicted molar refractivity (Wildman–Crippen MR) is 146 cm³/mol. The summed E-state index contributed by atoms with van der Waals surface area (Å²) in [5.74, 6) is -0.631. The van der Waals surface area contributed by atoms with Crippen LogP contribution in [0.3, 0.4) is 0 Å². The summed E-state index contributed by atoms with van der Waals surface area (Å²) in [6.07, 6.45) is 5.01. The quantitative estimate of drug-likeness (QED) is 0.285. The largest absolute Gasteiger partial charge is 0.449 e. The van der Waals surface area contributed by atoms with Crippen molar-refractivity contribution in [1.82, 2.24) is 20.4 Å². The minimum absolute atomic E-state index is 0.181. The second kappa shape index (κ2) is 15.8. The van der Waals surface area contributed by atoms with Gasteiger partial charge < -0.3 is 25.2 Å². The van der Waals surface area contributed by atoms with Crippen molar-refractivity contribution < 1.29 is 23.9 Å². The van der Waals surface area contributed by atoms with E-state index < -0.39 is 11.9 Å². The Kier molecular flexibility index (Phi) is 12.8. The molecule has 0 aliphatic carbocycles. The lowest BCUT2D eigenvalue weighted by atomic mass is 10.2. The molecular formula is C27H38N4O5S. The van der Waals surface area contributed by atoms with Crippen LogP contribution in [0.5, 0.6) is 0 Å². The van der Waals surface area contributed by atoms with Gasteiger partial charge in [0, 0.05) is 31.1 Å². The molecule has 2 atom stereocenters. The molecule has 1 aromatic rings. The molecule has 2 unspecified atom stereocenters. The predicted octanol–water partition coefficient (Wildman–Crippen LogP) is 3.60. The van der Waals surface area contributed by atoms with Crippen molar-refractivity contribution in [3.63, 3.8) is 0 Å². The number of piperazine rings is 1. The maximum absolute atomic E-state index is 13.1. The van der Waals surface area contributed by atoms with Gasteiger partial charge in [0.25, 0.3) is 5.91 Å². The van der Waals surface area contributed by atoms with E-state index in [2.05, 4.69) is 10.6 Å². The van der Waals surface area contributed by atoms with Gasteiger partial charge in [-0.15, -0.1) is 0 Å². The van der Waals surface area contributed by atoms with E-state index in [1.165, 1.54) is 17.8 Å². The zero-order chi connectivity index (χ0) is 27.2. The molecule has 1 saturated heterocycles. The van der Waals surface area contributed by atoms with Gasteiger partial charge in [-0.2, -0.15) is 0 Å². The van der Waals surface area contributed by atoms with Crippen LogP contribution in [0.4, 0.5) is 4.79 Å². The van der Waals surface area contributed by atoms with Gasteiger partial charge in [-0.3, -0.25) is 14.4 Å². The molecular weight excluding hydrogens is 492 g/mol. The van der Waals surface area contributed by atoms with E-state index in [1.807, 2.05) is 51.1 Å². The van der Waals surface area contributed by atoms with E-state index in [1.54, 1.807) is 22.8 Å². The summed E-state index contributed by atoms with van der Waals surface area (Å²) in [4.78, 5) is 52.8. The maximum Gasteiger partial charge on any atom is 0.409 e. The van der Waals surface area contributed by atoms with Crippen LogP contribution in [0.25, 0.3) is 0 Å². The van der Waals surface area contributed by atoms with Crippen molar-refractivity contribution in [2.75, 3.05) is 32.8 Å². The molecule has 2 heterocycles. The van der Waals surface area contributed by atoms with Gasteiger partial charge in [-0.1, -0.05) is 69.3 Å². The highest BCUT2D eigenvalue weighted by atomic mass is 32.2. The number of hydrogen-bond donors (Lipinski definition) is 2. The van der Waals surface area contributed by atoms with E-state index in [9.17, 15) is 19.2 Å². The zero-order valence-corrected chi connectivity index (χ0v) is 22.9. The van der Waals surface area contributed by atoms with Crippen molar-refractivity contribution in [3.8, 4) is 0 Å².